The van der Waals surface area contributed by atoms with Gasteiger partial charge in [-0.2, -0.15) is 11.8 Å². The highest BCUT2D eigenvalue weighted by Gasteiger charge is 2.27. The van der Waals surface area contributed by atoms with Gasteiger partial charge < -0.3 is 9.80 Å². The number of likely N-dealkylation sites (N-methyl/N-ethyl adjacent to an activating group) is 1. The number of hydrogen-bond donors (Lipinski definition) is 0. The fourth-order valence-corrected chi connectivity index (χ4v) is 3.36. The first-order valence-corrected chi connectivity index (χ1v) is 7.78. The number of hydrogen-bond acceptors (Lipinski definition) is 4. The lowest BCUT2D eigenvalue weighted by Crippen LogP contribution is -2.46. The maximum atomic E-state index is 12.6. The van der Waals surface area contributed by atoms with Crippen molar-refractivity contribution in [2.75, 3.05) is 38.7 Å². The van der Waals surface area contributed by atoms with Crippen molar-refractivity contribution in [1.29, 1.82) is 0 Å². The molecule has 0 N–H and O–H groups in total. The normalized spacial score (nSPS) is 20.4. The highest BCUT2D eigenvalue weighted by Crippen LogP contribution is 2.18. The van der Waals surface area contributed by atoms with Crippen LogP contribution in [-0.2, 0) is 0 Å². The van der Waals surface area contributed by atoms with E-state index in [1.165, 1.54) is 0 Å². The molecule has 0 spiro atoms. The molecule has 5 heteroatoms. The van der Waals surface area contributed by atoms with Crippen molar-refractivity contribution in [2.45, 2.75) is 12.5 Å². The van der Waals surface area contributed by atoms with Crippen LogP contribution in [0.5, 0.6) is 0 Å². The first-order valence-electron chi connectivity index (χ1n) is 6.63. The number of carbonyl (C=O) groups excluding carboxylic acids is 1. The molecule has 0 aliphatic carbocycles. The standard InChI is InChI=1S/C14H21N3OS/c1-16(2)10-12-11-19-9-5-8-17(12)14(18)13-6-3-4-7-15-13/h3-4,6-7,12H,5,8-11H2,1-2H3. The predicted octanol–water partition coefficient (Wildman–Crippen LogP) is 1.59. The second kappa shape index (κ2) is 6.91. The molecule has 0 saturated carbocycles. The highest BCUT2D eigenvalue weighted by molar-refractivity contribution is 7.99. The summed E-state index contributed by atoms with van der Waals surface area (Å²) < 4.78 is 0. The summed E-state index contributed by atoms with van der Waals surface area (Å²) in [5.74, 6) is 2.21. The average Bonchev–Trinajstić information content (AvgIpc) is 2.64. The molecular formula is C14H21N3OS. The summed E-state index contributed by atoms with van der Waals surface area (Å²) in [4.78, 5) is 20.9. The van der Waals surface area contributed by atoms with Crippen LogP contribution in [0, 0.1) is 0 Å². The van der Waals surface area contributed by atoms with E-state index >= 15 is 0 Å². The third kappa shape index (κ3) is 3.94. The molecule has 1 aliphatic rings. The van der Waals surface area contributed by atoms with E-state index in [-0.39, 0.29) is 11.9 Å². The highest BCUT2D eigenvalue weighted by atomic mass is 32.2. The first kappa shape index (κ1) is 14.3. The Morgan fingerprint density at radius 1 is 1.53 bits per heavy atom. The van der Waals surface area contributed by atoms with Gasteiger partial charge in [0, 0.05) is 25.0 Å². The Balaban J connectivity index is 2.15. The van der Waals surface area contributed by atoms with Crippen LogP contribution in [0.4, 0.5) is 0 Å². The van der Waals surface area contributed by atoms with E-state index < -0.39 is 0 Å². The fourth-order valence-electron chi connectivity index (χ4n) is 2.31. The number of nitrogens with zero attached hydrogens (tertiary/aromatic N) is 3. The summed E-state index contributed by atoms with van der Waals surface area (Å²) in [6.07, 6.45) is 2.74. The summed E-state index contributed by atoms with van der Waals surface area (Å²) in [6, 6.07) is 5.78. The monoisotopic (exact) mass is 279 g/mol. The first-order chi connectivity index (χ1) is 9.18. The van der Waals surface area contributed by atoms with Gasteiger partial charge in [-0.1, -0.05) is 6.07 Å². The van der Waals surface area contributed by atoms with E-state index in [1.54, 1.807) is 12.3 Å². The van der Waals surface area contributed by atoms with Crippen molar-refractivity contribution in [1.82, 2.24) is 14.8 Å². The van der Waals surface area contributed by atoms with Crippen LogP contribution in [0.3, 0.4) is 0 Å². The zero-order chi connectivity index (χ0) is 13.7. The Bertz CT molecular complexity index is 410. The van der Waals surface area contributed by atoms with E-state index in [2.05, 4.69) is 24.0 Å². The van der Waals surface area contributed by atoms with Crippen LogP contribution in [0.2, 0.25) is 0 Å². The van der Waals surface area contributed by atoms with E-state index in [0.29, 0.717) is 5.69 Å². The second-order valence-electron chi connectivity index (χ2n) is 5.06. The van der Waals surface area contributed by atoms with E-state index in [9.17, 15) is 4.79 Å². The van der Waals surface area contributed by atoms with Crippen LogP contribution in [0.15, 0.2) is 24.4 Å². The molecule has 1 amide bonds. The predicted molar refractivity (Wildman–Crippen MR) is 79.6 cm³/mol. The lowest BCUT2D eigenvalue weighted by Gasteiger charge is -2.31. The van der Waals surface area contributed by atoms with Gasteiger partial charge in [0.2, 0.25) is 0 Å². The van der Waals surface area contributed by atoms with Crippen molar-refractivity contribution in [3.8, 4) is 0 Å². The molecule has 0 bridgehead atoms. The lowest BCUT2D eigenvalue weighted by atomic mass is 10.2. The molecule has 0 aromatic carbocycles. The SMILES string of the molecule is CN(C)CC1CSCCCN1C(=O)c1ccccn1. The minimum atomic E-state index is 0.0648. The van der Waals surface area contributed by atoms with Crippen molar-refractivity contribution in [2.24, 2.45) is 0 Å². The zero-order valence-corrected chi connectivity index (χ0v) is 12.4. The number of thioether (sulfide) groups is 1. The maximum absolute atomic E-state index is 12.6. The summed E-state index contributed by atoms with van der Waals surface area (Å²) in [5, 5.41) is 0. The molecule has 2 heterocycles. The molecule has 1 atom stereocenters. The van der Waals surface area contributed by atoms with Gasteiger partial charge in [-0.05, 0) is 38.4 Å². The van der Waals surface area contributed by atoms with Crippen molar-refractivity contribution in [3.63, 3.8) is 0 Å². The summed E-state index contributed by atoms with van der Waals surface area (Å²) in [6.45, 7) is 1.74. The van der Waals surface area contributed by atoms with Gasteiger partial charge in [0.1, 0.15) is 5.69 Å². The van der Waals surface area contributed by atoms with Gasteiger partial charge in [-0.15, -0.1) is 0 Å². The molecule has 2 rings (SSSR count). The van der Waals surface area contributed by atoms with Gasteiger partial charge >= 0.3 is 0 Å². The minimum Gasteiger partial charge on any atom is -0.332 e. The smallest absolute Gasteiger partial charge is 0.272 e. The van der Waals surface area contributed by atoms with E-state index in [1.807, 2.05) is 28.8 Å². The van der Waals surface area contributed by atoms with E-state index in [4.69, 9.17) is 0 Å². The number of aromatic nitrogens is 1. The molecule has 1 saturated heterocycles. The van der Waals surface area contributed by atoms with Crippen LogP contribution in [-0.4, -0.2) is 65.4 Å². The Kier molecular flexibility index (Phi) is 5.22. The molecule has 4 nitrogen and oxygen atoms in total. The molecule has 0 radical (unpaired) electrons. The number of carbonyl (C=O) groups is 1. The quantitative estimate of drug-likeness (QED) is 0.842. The Labute approximate surface area is 119 Å². The minimum absolute atomic E-state index is 0.0648. The molecule has 1 aromatic rings. The van der Waals surface area contributed by atoms with Crippen molar-refractivity contribution in [3.05, 3.63) is 30.1 Å². The van der Waals surface area contributed by atoms with Crippen LogP contribution in [0.25, 0.3) is 0 Å². The molecule has 1 unspecified atom stereocenters. The molecular weight excluding hydrogens is 258 g/mol. The van der Waals surface area contributed by atoms with E-state index in [0.717, 1.165) is 31.0 Å². The van der Waals surface area contributed by atoms with Crippen LogP contribution < -0.4 is 0 Å². The number of amides is 1. The lowest BCUT2D eigenvalue weighted by molar-refractivity contribution is 0.0669. The summed E-state index contributed by atoms with van der Waals surface area (Å²) in [5.41, 5.74) is 0.554. The summed E-state index contributed by atoms with van der Waals surface area (Å²) in [7, 11) is 4.11. The van der Waals surface area contributed by atoms with Crippen molar-refractivity contribution < 1.29 is 4.79 Å². The second-order valence-corrected chi connectivity index (χ2v) is 6.21. The largest absolute Gasteiger partial charge is 0.332 e. The van der Waals surface area contributed by atoms with Gasteiger partial charge in [0.05, 0.1) is 6.04 Å². The van der Waals surface area contributed by atoms with Crippen LogP contribution in [0.1, 0.15) is 16.9 Å². The number of pyridine rings is 1. The molecule has 1 aliphatic heterocycles. The Hall–Kier alpha value is -1.07. The molecule has 19 heavy (non-hydrogen) atoms. The third-order valence-corrected chi connectivity index (χ3v) is 4.36. The third-order valence-electron chi connectivity index (χ3n) is 3.16. The van der Waals surface area contributed by atoms with Gasteiger partial charge in [0.25, 0.3) is 5.91 Å². The Morgan fingerprint density at radius 2 is 2.37 bits per heavy atom. The molecule has 1 aromatic heterocycles. The van der Waals surface area contributed by atoms with Crippen LogP contribution >= 0.6 is 11.8 Å². The average molecular weight is 279 g/mol. The topological polar surface area (TPSA) is 36.4 Å². The van der Waals surface area contributed by atoms with Gasteiger partial charge in [-0.3, -0.25) is 9.78 Å². The molecule has 1 fully saturated rings. The fraction of sp³-hybridized carbons (Fsp3) is 0.571. The number of rotatable bonds is 3. The Morgan fingerprint density at radius 3 is 3.05 bits per heavy atom. The van der Waals surface area contributed by atoms with Gasteiger partial charge in [-0.25, -0.2) is 0 Å². The molecule has 104 valence electrons. The zero-order valence-electron chi connectivity index (χ0n) is 11.6. The summed E-state index contributed by atoms with van der Waals surface area (Å²) >= 11 is 1.94. The van der Waals surface area contributed by atoms with Crippen molar-refractivity contribution >= 4 is 17.7 Å². The maximum Gasteiger partial charge on any atom is 0.272 e. The van der Waals surface area contributed by atoms with Gasteiger partial charge in [0.15, 0.2) is 0 Å².